The van der Waals surface area contributed by atoms with E-state index in [4.69, 9.17) is 9.84 Å². The molecule has 1 N–H and O–H groups in total. The summed E-state index contributed by atoms with van der Waals surface area (Å²) in [7, 11) is 0. The minimum atomic E-state index is -0.763. The summed E-state index contributed by atoms with van der Waals surface area (Å²) < 4.78 is 5.61. The molecule has 22 heavy (non-hydrogen) atoms. The number of hydrogen-bond donors (Lipinski definition) is 1. The number of carbonyl (C=O) groups is 2. The molecule has 0 bridgehead atoms. The standard InChI is InChI=1S/C17H21NO4/c19-16(18-8-6-13(7-9-18)17(20)21)11-22-15-5-4-12-2-1-3-14(12)10-15/h4-5,10,13H,1-3,6-9,11H2,(H,20,21). The maximum absolute atomic E-state index is 12.1. The molecule has 1 aliphatic carbocycles. The highest BCUT2D eigenvalue weighted by molar-refractivity contribution is 5.78. The van der Waals surface area contributed by atoms with Crippen LogP contribution in [0, 0.1) is 5.92 Å². The summed E-state index contributed by atoms with van der Waals surface area (Å²) in [5, 5.41) is 8.96. The third-order valence-electron chi connectivity index (χ3n) is 4.63. The van der Waals surface area contributed by atoms with Gasteiger partial charge in [0.05, 0.1) is 5.92 Å². The van der Waals surface area contributed by atoms with Crippen LogP contribution in [0.1, 0.15) is 30.4 Å². The number of hydrogen-bond acceptors (Lipinski definition) is 3. The number of piperidine rings is 1. The zero-order valence-corrected chi connectivity index (χ0v) is 12.6. The van der Waals surface area contributed by atoms with E-state index in [2.05, 4.69) is 6.07 Å². The van der Waals surface area contributed by atoms with Crippen molar-refractivity contribution in [2.24, 2.45) is 5.92 Å². The van der Waals surface area contributed by atoms with Gasteiger partial charge in [-0.15, -0.1) is 0 Å². The Labute approximate surface area is 129 Å². The summed E-state index contributed by atoms with van der Waals surface area (Å²) in [6.07, 6.45) is 4.46. The lowest BCUT2D eigenvalue weighted by Crippen LogP contribution is -2.42. The number of carbonyl (C=O) groups excluding carboxylic acids is 1. The second-order valence-electron chi connectivity index (χ2n) is 6.07. The second-order valence-corrected chi connectivity index (χ2v) is 6.07. The Morgan fingerprint density at radius 3 is 2.64 bits per heavy atom. The molecular formula is C17H21NO4. The maximum Gasteiger partial charge on any atom is 0.306 e. The lowest BCUT2D eigenvalue weighted by molar-refractivity contribution is -0.146. The molecule has 118 valence electrons. The van der Waals surface area contributed by atoms with Gasteiger partial charge in [-0.2, -0.15) is 0 Å². The van der Waals surface area contributed by atoms with Gasteiger partial charge >= 0.3 is 5.97 Å². The van der Waals surface area contributed by atoms with Crippen molar-refractivity contribution >= 4 is 11.9 Å². The molecule has 1 amide bonds. The fraction of sp³-hybridized carbons (Fsp3) is 0.529. The predicted octanol–water partition coefficient (Wildman–Crippen LogP) is 1.88. The van der Waals surface area contributed by atoms with Crippen LogP contribution in [-0.4, -0.2) is 41.6 Å². The Kier molecular flexibility index (Phi) is 4.32. The Morgan fingerprint density at radius 1 is 1.18 bits per heavy atom. The quantitative estimate of drug-likeness (QED) is 0.922. The van der Waals surface area contributed by atoms with E-state index in [1.165, 1.54) is 17.5 Å². The van der Waals surface area contributed by atoms with Crippen LogP contribution in [0.25, 0.3) is 0 Å². The summed E-state index contributed by atoms with van der Waals surface area (Å²) in [4.78, 5) is 24.7. The average Bonchev–Trinajstić information content (AvgIpc) is 3.00. The highest BCUT2D eigenvalue weighted by atomic mass is 16.5. The molecule has 1 aliphatic heterocycles. The Morgan fingerprint density at radius 2 is 1.91 bits per heavy atom. The summed E-state index contributed by atoms with van der Waals surface area (Å²) in [6.45, 7) is 1.03. The van der Waals surface area contributed by atoms with Crippen LogP contribution < -0.4 is 4.74 Å². The first kappa shape index (κ1) is 14.9. The third-order valence-corrected chi connectivity index (χ3v) is 4.63. The largest absolute Gasteiger partial charge is 0.484 e. The number of fused-ring (bicyclic) bond motifs is 1. The van der Waals surface area contributed by atoms with E-state index in [9.17, 15) is 9.59 Å². The fourth-order valence-corrected chi connectivity index (χ4v) is 3.25. The van der Waals surface area contributed by atoms with E-state index >= 15 is 0 Å². The molecule has 0 unspecified atom stereocenters. The minimum Gasteiger partial charge on any atom is -0.484 e. The Hall–Kier alpha value is -2.04. The number of rotatable bonds is 4. The van der Waals surface area contributed by atoms with Crippen molar-refractivity contribution in [3.8, 4) is 5.75 Å². The van der Waals surface area contributed by atoms with E-state index in [0.29, 0.717) is 25.9 Å². The molecule has 1 saturated heterocycles. The predicted molar refractivity (Wildman–Crippen MR) is 80.9 cm³/mol. The SMILES string of the molecule is O=C(O)C1CCN(C(=O)COc2ccc3c(c2)CCC3)CC1. The summed E-state index contributed by atoms with van der Waals surface area (Å²) in [6, 6.07) is 6.04. The molecule has 2 aliphatic rings. The molecule has 0 aromatic heterocycles. The number of aliphatic carboxylic acids is 1. The molecule has 5 heteroatoms. The van der Waals surface area contributed by atoms with E-state index in [1.54, 1.807) is 4.90 Å². The summed E-state index contributed by atoms with van der Waals surface area (Å²) in [5.74, 6) is -0.401. The topological polar surface area (TPSA) is 66.8 Å². The Bertz CT molecular complexity index is 576. The first-order valence-electron chi connectivity index (χ1n) is 7.88. The van der Waals surface area contributed by atoms with Gasteiger partial charge in [-0.1, -0.05) is 6.07 Å². The zero-order chi connectivity index (χ0) is 15.5. The van der Waals surface area contributed by atoms with E-state index in [1.807, 2.05) is 12.1 Å². The van der Waals surface area contributed by atoms with Crippen molar-refractivity contribution in [1.29, 1.82) is 0 Å². The van der Waals surface area contributed by atoms with Crippen LogP contribution in [0.15, 0.2) is 18.2 Å². The van der Waals surface area contributed by atoms with Gasteiger partial charge in [-0.3, -0.25) is 9.59 Å². The van der Waals surface area contributed by atoms with Crippen molar-refractivity contribution in [2.75, 3.05) is 19.7 Å². The number of amides is 1. The summed E-state index contributed by atoms with van der Waals surface area (Å²) in [5.41, 5.74) is 2.71. The summed E-state index contributed by atoms with van der Waals surface area (Å²) >= 11 is 0. The lowest BCUT2D eigenvalue weighted by Gasteiger charge is -2.30. The van der Waals surface area contributed by atoms with Crippen LogP contribution in [0.2, 0.25) is 0 Å². The number of carboxylic acids is 1. The van der Waals surface area contributed by atoms with Crippen molar-refractivity contribution in [1.82, 2.24) is 4.90 Å². The third kappa shape index (κ3) is 3.24. The van der Waals surface area contributed by atoms with E-state index in [-0.39, 0.29) is 18.4 Å². The number of nitrogens with zero attached hydrogens (tertiary/aromatic N) is 1. The number of ether oxygens (including phenoxy) is 1. The van der Waals surface area contributed by atoms with Crippen molar-refractivity contribution in [3.05, 3.63) is 29.3 Å². The maximum atomic E-state index is 12.1. The van der Waals surface area contributed by atoms with Crippen molar-refractivity contribution < 1.29 is 19.4 Å². The molecule has 1 aromatic carbocycles. The molecule has 0 spiro atoms. The van der Waals surface area contributed by atoms with Gasteiger partial charge in [0.2, 0.25) is 0 Å². The molecule has 0 radical (unpaired) electrons. The van der Waals surface area contributed by atoms with Gasteiger partial charge in [0.15, 0.2) is 6.61 Å². The van der Waals surface area contributed by atoms with Crippen molar-refractivity contribution in [3.63, 3.8) is 0 Å². The molecule has 1 aromatic rings. The van der Waals surface area contributed by atoms with Gasteiger partial charge in [0.1, 0.15) is 5.75 Å². The van der Waals surface area contributed by atoms with Gasteiger partial charge in [0, 0.05) is 13.1 Å². The van der Waals surface area contributed by atoms with E-state index < -0.39 is 5.97 Å². The number of carboxylic acid groups (broad SMARTS) is 1. The minimum absolute atomic E-state index is 0.0243. The highest BCUT2D eigenvalue weighted by Crippen LogP contribution is 2.26. The van der Waals surface area contributed by atoms with Crippen molar-refractivity contribution in [2.45, 2.75) is 32.1 Å². The number of aryl methyl sites for hydroxylation is 2. The Balaban J connectivity index is 1.49. The van der Waals surface area contributed by atoms with Gasteiger partial charge < -0.3 is 14.7 Å². The smallest absolute Gasteiger partial charge is 0.306 e. The van der Waals surface area contributed by atoms with Crippen LogP contribution in [-0.2, 0) is 22.4 Å². The lowest BCUT2D eigenvalue weighted by atomic mass is 9.97. The van der Waals surface area contributed by atoms with Crippen LogP contribution in [0.4, 0.5) is 0 Å². The first-order valence-corrected chi connectivity index (χ1v) is 7.88. The average molecular weight is 303 g/mol. The zero-order valence-electron chi connectivity index (χ0n) is 12.6. The van der Waals surface area contributed by atoms with Gasteiger partial charge in [-0.25, -0.2) is 0 Å². The highest BCUT2D eigenvalue weighted by Gasteiger charge is 2.27. The number of likely N-dealkylation sites (tertiary alicyclic amines) is 1. The first-order chi connectivity index (χ1) is 10.6. The molecule has 1 fully saturated rings. The molecule has 0 saturated carbocycles. The number of benzene rings is 1. The molecule has 5 nitrogen and oxygen atoms in total. The van der Waals surface area contributed by atoms with Crippen LogP contribution >= 0.6 is 0 Å². The van der Waals surface area contributed by atoms with Crippen LogP contribution in [0.3, 0.4) is 0 Å². The van der Waals surface area contributed by atoms with Gasteiger partial charge in [-0.05, 0) is 55.4 Å². The molecule has 0 atom stereocenters. The molecule has 3 rings (SSSR count). The second kappa shape index (κ2) is 6.38. The molecule has 1 heterocycles. The monoisotopic (exact) mass is 303 g/mol. The fourth-order valence-electron chi connectivity index (χ4n) is 3.25. The van der Waals surface area contributed by atoms with E-state index in [0.717, 1.165) is 18.6 Å². The molecular weight excluding hydrogens is 282 g/mol. The van der Waals surface area contributed by atoms with Gasteiger partial charge in [0.25, 0.3) is 5.91 Å². The van der Waals surface area contributed by atoms with Crippen LogP contribution in [0.5, 0.6) is 5.75 Å². The normalized spacial score (nSPS) is 18.1.